The number of carbonyl (C=O) groups is 1. The van der Waals surface area contributed by atoms with Gasteiger partial charge in [-0.25, -0.2) is 0 Å². The second-order valence-corrected chi connectivity index (χ2v) is 3.13. The molecule has 1 heterocycles. The van der Waals surface area contributed by atoms with Gasteiger partial charge < -0.3 is 4.74 Å². The zero-order chi connectivity index (χ0) is 11.6. The van der Waals surface area contributed by atoms with Crippen molar-refractivity contribution in [3.63, 3.8) is 0 Å². The fourth-order valence-corrected chi connectivity index (χ4v) is 1.06. The first-order chi connectivity index (χ1) is 7.88. The van der Waals surface area contributed by atoms with Crippen LogP contribution in [-0.4, -0.2) is 28.5 Å². The molecule has 0 fully saturated rings. The Morgan fingerprint density at radius 1 is 1.31 bits per heavy atom. The molecular formula is C11H15N3O2. The molecule has 5 nitrogen and oxygen atoms in total. The molecule has 86 valence electrons. The fourth-order valence-electron chi connectivity index (χ4n) is 1.06. The van der Waals surface area contributed by atoms with Crippen molar-refractivity contribution in [3.05, 3.63) is 24.3 Å². The van der Waals surface area contributed by atoms with Crippen molar-refractivity contribution < 1.29 is 9.53 Å². The number of carbonyl (C=O) groups excluding carboxylic acids is 1. The summed E-state index contributed by atoms with van der Waals surface area (Å²) < 4.78 is 4.39. The minimum atomic E-state index is 0.482. The topological polar surface area (TPSA) is 67.9 Å². The van der Waals surface area contributed by atoms with Gasteiger partial charge in [0.1, 0.15) is 11.0 Å². The van der Waals surface area contributed by atoms with Crippen LogP contribution in [0.2, 0.25) is 0 Å². The Morgan fingerprint density at radius 3 is 2.44 bits per heavy atom. The normalized spacial score (nSPS) is 9.31. The highest BCUT2D eigenvalue weighted by Gasteiger charge is 1.90. The lowest BCUT2D eigenvalue weighted by Gasteiger charge is -1.90. The summed E-state index contributed by atoms with van der Waals surface area (Å²) in [5.74, 6) is 0. The minimum Gasteiger partial charge on any atom is -0.468 e. The summed E-state index contributed by atoms with van der Waals surface area (Å²) in [7, 11) is 0. The number of aromatic amines is 1. The molecule has 0 bridgehead atoms. The van der Waals surface area contributed by atoms with Gasteiger partial charge in [0, 0.05) is 0 Å². The number of benzene rings is 1. The summed E-state index contributed by atoms with van der Waals surface area (Å²) in [6.45, 7) is 3.10. The number of ether oxygens (including phenoxy) is 1. The highest BCUT2D eigenvalue weighted by molar-refractivity contribution is 5.72. The summed E-state index contributed by atoms with van der Waals surface area (Å²) in [6.07, 6.45) is 2.05. The first-order valence-corrected chi connectivity index (χ1v) is 5.19. The Balaban J connectivity index is 0.000000168. The molecule has 0 aliphatic carbocycles. The smallest absolute Gasteiger partial charge is 0.293 e. The highest BCUT2D eigenvalue weighted by Crippen LogP contribution is 2.03. The standard InChI is InChI=1S/C6H5N3.C5H10O2/c1-2-4-6-5(3-1)7-9-8-6;1-2-3-4-7-5-6/h1-4H,(H,7,8,9);5H,2-4H2,1H3. The van der Waals surface area contributed by atoms with Crippen LogP contribution in [0, 0.1) is 0 Å². The summed E-state index contributed by atoms with van der Waals surface area (Å²) in [5, 5.41) is 10.3. The first-order valence-electron chi connectivity index (χ1n) is 5.19. The van der Waals surface area contributed by atoms with Crippen LogP contribution in [0.4, 0.5) is 0 Å². The van der Waals surface area contributed by atoms with Gasteiger partial charge in [-0.1, -0.05) is 25.5 Å². The average Bonchev–Trinajstić information content (AvgIpc) is 2.78. The minimum absolute atomic E-state index is 0.482. The van der Waals surface area contributed by atoms with Gasteiger partial charge in [0.05, 0.1) is 6.61 Å². The van der Waals surface area contributed by atoms with Crippen LogP contribution in [-0.2, 0) is 9.53 Å². The largest absolute Gasteiger partial charge is 0.468 e. The molecule has 16 heavy (non-hydrogen) atoms. The van der Waals surface area contributed by atoms with Gasteiger partial charge >= 0.3 is 0 Å². The van der Waals surface area contributed by atoms with Crippen molar-refractivity contribution in [1.82, 2.24) is 15.4 Å². The lowest BCUT2D eigenvalue weighted by atomic mass is 10.3. The third-order valence-corrected chi connectivity index (χ3v) is 1.91. The zero-order valence-corrected chi connectivity index (χ0v) is 9.22. The van der Waals surface area contributed by atoms with Gasteiger partial charge in [0.2, 0.25) is 0 Å². The molecule has 0 spiro atoms. The average molecular weight is 221 g/mol. The molecule has 2 aromatic rings. The third-order valence-electron chi connectivity index (χ3n) is 1.91. The molecule has 1 N–H and O–H groups in total. The van der Waals surface area contributed by atoms with Gasteiger partial charge in [-0.15, -0.1) is 0 Å². The zero-order valence-electron chi connectivity index (χ0n) is 9.22. The van der Waals surface area contributed by atoms with E-state index in [0.29, 0.717) is 13.1 Å². The Labute approximate surface area is 93.8 Å². The molecule has 0 aliphatic rings. The van der Waals surface area contributed by atoms with E-state index < -0.39 is 0 Å². The van der Waals surface area contributed by atoms with E-state index in [1.807, 2.05) is 31.2 Å². The van der Waals surface area contributed by atoms with Gasteiger partial charge in [-0.05, 0) is 18.6 Å². The predicted octanol–water partition coefficient (Wildman–Crippen LogP) is 1.92. The Morgan fingerprint density at radius 2 is 1.94 bits per heavy atom. The van der Waals surface area contributed by atoms with E-state index in [4.69, 9.17) is 0 Å². The van der Waals surface area contributed by atoms with E-state index in [9.17, 15) is 4.79 Å². The van der Waals surface area contributed by atoms with Crippen LogP contribution in [0.1, 0.15) is 19.8 Å². The van der Waals surface area contributed by atoms with Crippen LogP contribution in [0.5, 0.6) is 0 Å². The Bertz CT molecular complexity index is 384. The number of rotatable bonds is 4. The monoisotopic (exact) mass is 221 g/mol. The quantitative estimate of drug-likeness (QED) is 0.632. The van der Waals surface area contributed by atoms with E-state index in [2.05, 4.69) is 20.1 Å². The van der Waals surface area contributed by atoms with Gasteiger partial charge in [0.25, 0.3) is 6.47 Å². The molecule has 0 saturated carbocycles. The molecule has 1 aromatic heterocycles. The number of fused-ring (bicyclic) bond motifs is 1. The van der Waals surface area contributed by atoms with Crippen molar-refractivity contribution in [1.29, 1.82) is 0 Å². The molecule has 0 amide bonds. The summed E-state index contributed by atoms with van der Waals surface area (Å²) in [4.78, 5) is 9.46. The van der Waals surface area contributed by atoms with Crippen molar-refractivity contribution in [2.75, 3.05) is 6.61 Å². The second-order valence-electron chi connectivity index (χ2n) is 3.13. The molecule has 0 saturated heterocycles. The SMILES string of the molecule is CCCCOC=O.c1ccc2n[nH]nc2c1. The molecule has 0 unspecified atom stereocenters. The van der Waals surface area contributed by atoms with Gasteiger partial charge in [-0.3, -0.25) is 4.79 Å². The summed E-state index contributed by atoms with van der Waals surface area (Å²) in [6, 6.07) is 7.70. The van der Waals surface area contributed by atoms with Gasteiger partial charge in [0.15, 0.2) is 0 Å². The molecule has 0 atom stereocenters. The molecule has 1 aromatic carbocycles. The van der Waals surface area contributed by atoms with Crippen molar-refractivity contribution in [3.8, 4) is 0 Å². The number of nitrogens with zero attached hydrogens (tertiary/aromatic N) is 2. The lowest BCUT2D eigenvalue weighted by molar-refractivity contribution is -0.128. The van der Waals surface area contributed by atoms with E-state index in [1.54, 1.807) is 0 Å². The predicted molar refractivity (Wildman–Crippen MR) is 60.8 cm³/mol. The molecular weight excluding hydrogens is 206 g/mol. The van der Waals surface area contributed by atoms with Crippen molar-refractivity contribution >= 4 is 17.5 Å². The number of para-hydroxylation sites is 2. The third kappa shape index (κ3) is 4.08. The van der Waals surface area contributed by atoms with Crippen LogP contribution in [0.15, 0.2) is 24.3 Å². The number of aromatic nitrogens is 3. The van der Waals surface area contributed by atoms with E-state index >= 15 is 0 Å². The lowest BCUT2D eigenvalue weighted by Crippen LogP contribution is -1.88. The number of hydrogen-bond acceptors (Lipinski definition) is 4. The maximum Gasteiger partial charge on any atom is 0.293 e. The summed E-state index contributed by atoms with van der Waals surface area (Å²) in [5.41, 5.74) is 1.83. The number of H-pyrrole nitrogens is 1. The van der Waals surface area contributed by atoms with Crippen LogP contribution in [0.25, 0.3) is 11.0 Å². The second kappa shape index (κ2) is 7.39. The van der Waals surface area contributed by atoms with E-state index in [0.717, 1.165) is 23.9 Å². The van der Waals surface area contributed by atoms with Crippen LogP contribution >= 0.6 is 0 Å². The number of hydrogen-bond donors (Lipinski definition) is 1. The van der Waals surface area contributed by atoms with Crippen LogP contribution in [0.3, 0.4) is 0 Å². The van der Waals surface area contributed by atoms with Crippen LogP contribution < -0.4 is 0 Å². The highest BCUT2D eigenvalue weighted by atomic mass is 16.5. The van der Waals surface area contributed by atoms with E-state index in [-0.39, 0.29) is 0 Å². The maximum absolute atomic E-state index is 9.46. The molecule has 0 aliphatic heterocycles. The number of unbranched alkanes of at least 4 members (excludes halogenated alkanes) is 1. The Kier molecular flexibility index (Phi) is 5.62. The van der Waals surface area contributed by atoms with E-state index in [1.165, 1.54) is 0 Å². The van der Waals surface area contributed by atoms with Crippen molar-refractivity contribution in [2.45, 2.75) is 19.8 Å². The molecule has 2 rings (SSSR count). The van der Waals surface area contributed by atoms with Crippen molar-refractivity contribution in [2.24, 2.45) is 0 Å². The molecule has 0 radical (unpaired) electrons. The number of nitrogens with one attached hydrogen (secondary N) is 1. The maximum atomic E-state index is 9.46. The van der Waals surface area contributed by atoms with Gasteiger partial charge in [-0.2, -0.15) is 15.4 Å². The fraction of sp³-hybridized carbons (Fsp3) is 0.364. The summed E-state index contributed by atoms with van der Waals surface area (Å²) >= 11 is 0. The Hall–Kier alpha value is -1.91. The first kappa shape index (κ1) is 12.2. The molecule has 5 heteroatoms.